The lowest BCUT2D eigenvalue weighted by molar-refractivity contribution is -0.145. The molecule has 0 saturated carbocycles. The standard InChI is InChI=1S/C29H32FN3O4Si/c1-29(2,3)38(22-15-9-5-10-16-22,23-17-11-6-12-18-23)36-20-24(32-33-31)26-27(25(30)28(34)37-26)35-19-21-13-7-4-8-14-21/h4-18,24-27H,19-20H2,1-3H3/t24-,25+,26-,27-/m1/s1. The van der Waals surface area contributed by atoms with Gasteiger partial charge in [0, 0.05) is 11.5 Å². The summed E-state index contributed by atoms with van der Waals surface area (Å²) in [5.74, 6) is -1.03. The fraction of sp³-hybridized carbons (Fsp3) is 0.345. The van der Waals surface area contributed by atoms with Crippen molar-refractivity contribution in [2.45, 2.75) is 56.8 Å². The molecule has 0 aromatic heterocycles. The zero-order chi connectivity index (χ0) is 27.2. The van der Waals surface area contributed by atoms with E-state index in [1.165, 1.54) is 0 Å². The van der Waals surface area contributed by atoms with Gasteiger partial charge < -0.3 is 13.9 Å². The van der Waals surface area contributed by atoms with Crippen LogP contribution >= 0.6 is 0 Å². The molecule has 1 fully saturated rings. The van der Waals surface area contributed by atoms with Crippen molar-refractivity contribution in [3.63, 3.8) is 0 Å². The van der Waals surface area contributed by atoms with Crippen LogP contribution < -0.4 is 10.4 Å². The van der Waals surface area contributed by atoms with E-state index in [0.717, 1.165) is 15.9 Å². The highest BCUT2D eigenvalue weighted by molar-refractivity contribution is 6.99. The second kappa shape index (κ2) is 11.9. The Morgan fingerprint density at radius 3 is 2.00 bits per heavy atom. The van der Waals surface area contributed by atoms with Crippen molar-refractivity contribution in [1.82, 2.24) is 0 Å². The second-order valence-corrected chi connectivity index (χ2v) is 14.6. The Morgan fingerprint density at radius 1 is 0.974 bits per heavy atom. The average molecular weight is 534 g/mol. The van der Waals surface area contributed by atoms with Crippen LogP contribution in [0.3, 0.4) is 0 Å². The Hall–Kier alpha value is -3.49. The Labute approximate surface area is 223 Å². The fourth-order valence-corrected chi connectivity index (χ4v) is 9.62. The van der Waals surface area contributed by atoms with E-state index < -0.39 is 38.7 Å². The Balaban J connectivity index is 1.67. The van der Waals surface area contributed by atoms with Crippen LogP contribution in [0.5, 0.6) is 0 Å². The van der Waals surface area contributed by atoms with Crippen molar-refractivity contribution < 1.29 is 23.1 Å². The third-order valence-corrected chi connectivity index (χ3v) is 11.8. The van der Waals surface area contributed by atoms with E-state index in [9.17, 15) is 14.7 Å². The summed E-state index contributed by atoms with van der Waals surface area (Å²) in [5.41, 5.74) is 10.2. The molecule has 3 aromatic carbocycles. The third kappa shape index (κ3) is 5.66. The number of carbonyl (C=O) groups is 1. The molecule has 7 nitrogen and oxygen atoms in total. The zero-order valence-corrected chi connectivity index (χ0v) is 22.7. The monoisotopic (exact) mass is 533 g/mol. The molecule has 1 saturated heterocycles. The molecule has 3 aromatic rings. The molecular weight excluding hydrogens is 501 g/mol. The van der Waals surface area contributed by atoms with E-state index in [1.807, 2.05) is 91.0 Å². The van der Waals surface area contributed by atoms with E-state index in [0.29, 0.717) is 0 Å². The summed E-state index contributed by atoms with van der Waals surface area (Å²) >= 11 is 0. The van der Waals surface area contributed by atoms with Crippen molar-refractivity contribution in [3.8, 4) is 0 Å². The summed E-state index contributed by atoms with van der Waals surface area (Å²) in [6.07, 6.45) is -4.36. The first-order chi connectivity index (χ1) is 18.3. The van der Waals surface area contributed by atoms with Gasteiger partial charge >= 0.3 is 5.97 Å². The number of halogens is 1. The van der Waals surface area contributed by atoms with Gasteiger partial charge in [0.15, 0.2) is 0 Å². The molecule has 0 N–H and O–H groups in total. The predicted molar refractivity (Wildman–Crippen MR) is 146 cm³/mol. The van der Waals surface area contributed by atoms with Gasteiger partial charge in [-0.15, -0.1) is 0 Å². The van der Waals surface area contributed by atoms with Crippen LogP contribution in [-0.2, 0) is 25.3 Å². The zero-order valence-electron chi connectivity index (χ0n) is 21.7. The van der Waals surface area contributed by atoms with Crippen molar-refractivity contribution in [2.75, 3.05) is 6.61 Å². The lowest BCUT2D eigenvalue weighted by Crippen LogP contribution is -2.67. The van der Waals surface area contributed by atoms with Gasteiger partial charge in [0.25, 0.3) is 8.32 Å². The summed E-state index contributed by atoms with van der Waals surface area (Å²) in [7, 11) is -2.98. The molecule has 4 atom stereocenters. The molecule has 0 radical (unpaired) electrons. The highest BCUT2D eigenvalue weighted by Gasteiger charge is 2.53. The molecule has 4 rings (SSSR count). The van der Waals surface area contributed by atoms with E-state index >= 15 is 0 Å². The number of benzene rings is 3. The normalized spacial score (nSPS) is 20.4. The molecule has 0 aliphatic carbocycles. The molecule has 1 aliphatic heterocycles. The van der Waals surface area contributed by atoms with Crippen molar-refractivity contribution in [2.24, 2.45) is 5.11 Å². The van der Waals surface area contributed by atoms with Gasteiger partial charge in [0.1, 0.15) is 12.2 Å². The number of ether oxygens (including phenoxy) is 2. The molecule has 1 heterocycles. The number of hydrogen-bond acceptors (Lipinski definition) is 5. The summed E-state index contributed by atoms with van der Waals surface area (Å²) in [6, 6.07) is 28.2. The molecule has 0 amide bonds. The molecule has 0 spiro atoms. The van der Waals surface area contributed by atoms with Gasteiger partial charge in [-0.25, -0.2) is 9.18 Å². The molecule has 1 aliphatic rings. The summed E-state index contributed by atoms with van der Waals surface area (Å²) in [5, 5.41) is 5.67. The van der Waals surface area contributed by atoms with E-state index in [4.69, 9.17) is 13.9 Å². The number of nitrogens with zero attached hydrogens (tertiary/aromatic N) is 3. The van der Waals surface area contributed by atoms with Gasteiger partial charge in [0.05, 0.1) is 12.6 Å². The number of esters is 1. The maximum Gasteiger partial charge on any atom is 0.344 e. The maximum absolute atomic E-state index is 15.0. The number of rotatable bonds is 10. The average Bonchev–Trinajstić information content (AvgIpc) is 3.21. The summed E-state index contributed by atoms with van der Waals surface area (Å²) in [4.78, 5) is 15.3. The smallest absolute Gasteiger partial charge is 0.344 e. The van der Waals surface area contributed by atoms with Crippen molar-refractivity contribution in [3.05, 3.63) is 107 Å². The minimum atomic E-state index is -2.98. The highest BCUT2D eigenvalue weighted by Crippen LogP contribution is 2.37. The van der Waals surface area contributed by atoms with Gasteiger partial charge in [-0.2, -0.15) is 0 Å². The van der Waals surface area contributed by atoms with Crippen LogP contribution in [0.25, 0.3) is 10.4 Å². The number of cyclic esters (lactones) is 1. The minimum Gasteiger partial charge on any atom is -0.457 e. The summed E-state index contributed by atoms with van der Waals surface area (Å²) in [6.45, 7) is 6.38. The lowest BCUT2D eigenvalue weighted by Gasteiger charge is -2.43. The first-order valence-electron chi connectivity index (χ1n) is 12.6. The van der Waals surface area contributed by atoms with Gasteiger partial charge in [0.2, 0.25) is 6.17 Å². The molecule has 38 heavy (non-hydrogen) atoms. The highest BCUT2D eigenvalue weighted by atomic mass is 28.4. The van der Waals surface area contributed by atoms with Crippen molar-refractivity contribution >= 4 is 24.7 Å². The number of alkyl halides is 1. The number of azide groups is 1. The Morgan fingerprint density at radius 2 is 1.50 bits per heavy atom. The minimum absolute atomic E-state index is 0.0762. The summed E-state index contributed by atoms with van der Waals surface area (Å²) < 4.78 is 33.1. The first kappa shape index (κ1) is 27.5. The Bertz CT molecular complexity index is 1210. The van der Waals surface area contributed by atoms with E-state index in [-0.39, 0.29) is 18.3 Å². The van der Waals surface area contributed by atoms with E-state index in [1.54, 1.807) is 0 Å². The molecule has 0 unspecified atom stereocenters. The largest absolute Gasteiger partial charge is 0.457 e. The molecule has 198 valence electrons. The fourth-order valence-electron chi connectivity index (χ4n) is 5.04. The second-order valence-electron chi connectivity index (χ2n) is 10.3. The molecule has 9 heteroatoms. The van der Waals surface area contributed by atoms with Crippen molar-refractivity contribution in [1.29, 1.82) is 0 Å². The predicted octanol–water partition coefficient (Wildman–Crippen LogP) is 5.09. The van der Waals surface area contributed by atoms with E-state index in [2.05, 4.69) is 30.8 Å². The number of carbonyl (C=O) groups excluding carboxylic acids is 1. The van der Waals surface area contributed by atoms with Gasteiger partial charge in [-0.3, -0.25) is 0 Å². The van der Waals surface area contributed by atoms with Crippen LogP contribution in [-0.4, -0.2) is 45.3 Å². The van der Waals surface area contributed by atoms with Crippen LogP contribution in [0, 0.1) is 0 Å². The molecular formula is C29H32FN3O4Si. The van der Waals surface area contributed by atoms with Gasteiger partial charge in [-0.1, -0.05) is 117 Å². The Kier molecular flexibility index (Phi) is 8.64. The number of hydrogen-bond donors (Lipinski definition) is 0. The SMILES string of the molecule is CC(C)(C)[Si](OC[C@@H](N=[N+]=[N-])[C@H]1OC(=O)[C@@H](F)[C@H]1OCc1ccccc1)(c1ccccc1)c1ccccc1. The third-order valence-electron chi connectivity index (χ3n) is 6.84. The van der Waals surface area contributed by atoms with Gasteiger partial charge in [-0.05, 0) is 26.5 Å². The van der Waals surface area contributed by atoms with Crippen LogP contribution in [0.15, 0.2) is 96.1 Å². The first-order valence-corrected chi connectivity index (χ1v) is 14.5. The topological polar surface area (TPSA) is 93.5 Å². The maximum atomic E-state index is 15.0. The molecule has 0 bridgehead atoms. The van der Waals surface area contributed by atoms with Crippen LogP contribution in [0.1, 0.15) is 26.3 Å². The van der Waals surface area contributed by atoms with Crippen LogP contribution in [0.4, 0.5) is 4.39 Å². The quantitative estimate of drug-likeness (QED) is 0.119. The lowest BCUT2D eigenvalue weighted by atomic mass is 10.1. The van der Waals surface area contributed by atoms with Crippen LogP contribution in [0.2, 0.25) is 5.04 Å².